The maximum Gasteiger partial charge on any atom is 0.240 e. The summed E-state index contributed by atoms with van der Waals surface area (Å²) in [6, 6.07) is 7.83. The van der Waals surface area contributed by atoms with Crippen LogP contribution < -0.4 is 14.9 Å². The summed E-state index contributed by atoms with van der Waals surface area (Å²) in [6.07, 6.45) is 5.17. The third-order valence-electron chi connectivity index (χ3n) is 4.28. The summed E-state index contributed by atoms with van der Waals surface area (Å²) in [5, 5.41) is 2.60. The van der Waals surface area contributed by atoms with E-state index in [1.807, 2.05) is 6.07 Å². The molecule has 144 valence electrons. The number of anilines is 2. The average molecular weight is 389 g/mol. The van der Waals surface area contributed by atoms with Crippen LogP contribution in [0, 0.1) is 0 Å². The maximum absolute atomic E-state index is 12.5. The van der Waals surface area contributed by atoms with Gasteiger partial charge in [0.05, 0.1) is 11.4 Å². The van der Waals surface area contributed by atoms with Gasteiger partial charge in [0.1, 0.15) is 11.6 Å². The normalized spacial score (nSPS) is 14.8. The zero-order chi connectivity index (χ0) is 19.3. The zero-order valence-electron chi connectivity index (χ0n) is 15.2. The van der Waals surface area contributed by atoms with Crippen LogP contribution in [-0.4, -0.2) is 37.4 Å². The third-order valence-corrected chi connectivity index (χ3v) is 5.69. The first-order chi connectivity index (χ1) is 12.9. The Bertz CT molecular complexity index is 893. The molecule has 0 bridgehead atoms. The van der Waals surface area contributed by atoms with Crippen molar-refractivity contribution < 1.29 is 13.2 Å². The molecule has 1 fully saturated rings. The van der Waals surface area contributed by atoms with E-state index >= 15 is 0 Å². The van der Waals surface area contributed by atoms with Crippen molar-refractivity contribution in [3.8, 4) is 0 Å². The lowest BCUT2D eigenvalue weighted by atomic mass is 10.1. The molecule has 0 spiro atoms. The van der Waals surface area contributed by atoms with Gasteiger partial charge in [-0.25, -0.2) is 23.1 Å². The van der Waals surface area contributed by atoms with Gasteiger partial charge >= 0.3 is 0 Å². The summed E-state index contributed by atoms with van der Waals surface area (Å²) in [4.78, 5) is 22.0. The molecule has 0 aliphatic carbocycles. The number of rotatable bonds is 6. The Morgan fingerprint density at radius 1 is 1.11 bits per heavy atom. The van der Waals surface area contributed by atoms with Crippen LogP contribution >= 0.6 is 0 Å². The minimum Gasteiger partial charge on any atom is -0.357 e. The maximum atomic E-state index is 12.5. The highest BCUT2D eigenvalue weighted by Gasteiger charge is 2.16. The largest absolute Gasteiger partial charge is 0.357 e. The van der Waals surface area contributed by atoms with Crippen molar-refractivity contribution in [2.75, 3.05) is 23.3 Å². The first-order valence-corrected chi connectivity index (χ1v) is 10.4. The van der Waals surface area contributed by atoms with E-state index in [1.54, 1.807) is 18.3 Å². The van der Waals surface area contributed by atoms with Gasteiger partial charge in [-0.05, 0) is 49.6 Å². The molecule has 0 unspecified atom stereocenters. The van der Waals surface area contributed by atoms with E-state index in [-0.39, 0.29) is 17.3 Å². The zero-order valence-corrected chi connectivity index (χ0v) is 16.0. The molecule has 2 N–H and O–H groups in total. The lowest BCUT2D eigenvalue weighted by Gasteiger charge is -2.27. The molecule has 1 aromatic carbocycles. The van der Waals surface area contributed by atoms with Crippen molar-refractivity contribution >= 4 is 27.4 Å². The number of sulfonamides is 1. The number of amides is 1. The van der Waals surface area contributed by atoms with E-state index in [1.165, 1.54) is 25.5 Å². The van der Waals surface area contributed by atoms with E-state index in [2.05, 4.69) is 24.9 Å². The standard InChI is InChI=1S/C18H23N5O3S/c1-14(24)21-15-5-7-16(8-6-15)27(25,26)20-13-17-19-10-9-18(22-17)23-11-3-2-4-12-23/h5-10,20H,2-4,11-13H2,1H3,(H,21,24). The predicted octanol–water partition coefficient (Wildman–Crippen LogP) is 1.90. The molecular weight excluding hydrogens is 366 g/mol. The van der Waals surface area contributed by atoms with Crippen LogP contribution in [0.2, 0.25) is 0 Å². The minimum absolute atomic E-state index is 0.0114. The highest BCUT2D eigenvalue weighted by Crippen LogP contribution is 2.17. The van der Waals surface area contributed by atoms with Crippen molar-refractivity contribution in [2.45, 2.75) is 37.6 Å². The quantitative estimate of drug-likeness (QED) is 0.782. The minimum atomic E-state index is -3.70. The summed E-state index contributed by atoms with van der Waals surface area (Å²) in [5.74, 6) is 1.05. The van der Waals surface area contributed by atoms with Gasteiger partial charge in [-0.15, -0.1) is 0 Å². The van der Waals surface area contributed by atoms with E-state index in [0.29, 0.717) is 11.5 Å². The Morgan fingerprint density at radius 2 is 1.81 bits per heavy atom. The number of aromatic nitrogens is 2. The van der Waals surface area contributed by atoms with Gasteiger partial charge in [0.25, 0.3) is 0 Å². The smallest absolute Gasteiger partial charge is 0.240 e. The van der Waals surface area contributed by atoms with Crippen molar-refractivity contribution in [3.63, 3.8) is 0 Å². The molecule has 0 atom stereocenters. The van der Waals surface area contributed by atoms with Gasteiger partial charge < -0.3 is 10.2 Å². The monoisotopic (exact) mass is 389 g/mol. The Kier molecular flexibility index (Phi) is 6.02. The Labute approximate surface area is 159 Å². The van der Waals surface area contributed by atoms with Crippen LogP contribution in [0.1, 0.15) is 32.0 Å². The van der Waals surface area contributed by atoms with Gasteiger partial charge in [-0.2, -0.15) is 0 Å². The third kappa shape index (κ3) is 5.24. The summed E-state index contributed by atoms with van der Waals surface area (Å²) in [6.45, 7) is 3.33. The predicted molar refractivity (Wildman–Crippen MR) is 103 cm³/mol. The molecule has 2 heterocycles. The summed E-state index contributed by atoms with van der Waals surface area (Å²) >= 11 is 0. The lowest BCUT2D eigenvalue weighted by Crippen LogP contribution is -2.31. The molecule has 1 saturated heterocycles. The van der Waals surface area contributed by atoms with Crippen LogP contribution in [0.25, 0.3) is 0 Å². The second kappa shape index (κ2) is 8.45. The summed E-state index contributed by atoms with van der Waals surface area (Å²) < 4.78 is 27.4. The molecule has 1 aliphatic heterocycles. The molecule has 9 heteroatoms. The Balaban J connectivity index is 1.65. The second-order valence-electron chi connectivity index (χ2n) is 6.41. The number of piperidine rings is 1. The fraction of sp³-hybridized carbons (Fsp3) is 0.389. The number of nitrogens with one attached hydrogen (secondary N) is 2. The van der Waals surface area contributed by atoms with Crippen LogP contribution in [-0.2, 0) is 21.4 Å². The molecule has 1 amide bonds. The first-order valence-electron chi connectivity index (χ1n) is 8.88. The highest BCUT2D eigenvalue weighted by molar-refractivity contribution is 7.89. The SMILES string of the molecule is CC(=O)Nc1ccc(S(=O)(=O)NCc2nccc(N3CCCCC3)n2)cc1. The molecule has 1 aromatic heterocycles. The van der Waals surface area contributed by atoms with Crippen LogP contribution in [0.4, 0.5) is 11.5 Å². The molecule has 2 aromatic rings. The number of hydrogen-bond donors (Lipinski definition) is 2. The number of nitrogens with zero attached hydrogens (tertiary/aromatic N) is 3. The van der Waals surface area contributed by atoms with Crippen LogP contribution in [0.5, 0.6) is 0 Å². The van der Waals surface area contributed by atoms with Gasteiger partial charge in [0, 0.05) is 31.9 Å². The van der Waals surface area contributed by atoms with Gasteiger partial charge in [-0.3, -0.25) is 4.79 Å². The van der Waals surface area contributed by atoms with Crippen LogP contribution in [0.3, 0.4) is 0 Å². The fourth-order valence-electron chi connectivity index (χ4n) is 2.94. The van der Waals surface area contributed by atoms with Crippen molar-refractivity contribution in [3.05, 3.63) is 42.4 Å². The lowest BCUT2D eigenvalue weighted by molar-refractivity contribution is -0.114. The molecule has 0 radical (unpaired) electrons. The van der Waals surface area contributed by atoms with E-state index in [9.17, 15) is 13.2 Å². The first kappa shape index (κ1) is 19.2. The number of hydrogen-bond acceptors (Lipinski definition) is 6. The number of benzene rings is 1. The summed E-state index contributed by atoms with van der Waals surface area (Å²) in [5.41, 5.74) is 0.541. The molecule has 3 rings (SSSR count). The summed E-state index contributed by atoms with van der Waals surface area (Å²) in [7, 11) is -3.70. The molecule has 8 nitrogen and oxygen atoms in total. The Hall–Kier alpha value is -2.52. The second-order valence-corrected chi connectivity index (χ2v) is 8.18. The number of carbonyl (C=O) groups excluding carboxylic acids is 1. The number of carbonyl (C=O) groups is 1. The van der Waals surface area contributed by atoms with E-state index < -0.39 is 10.0 Å². The van der Waals surface area contributed by atoms with Crippen molar-refractivity contribution in [1.29, 1.82) is 0 Å². The van der Waals surface area contributed by atoms with E-state index in [0.717, 1.165) is 31.7 Å². The molecule has 27 heavy (non-hydrogen) atoms. The molecular formula is C18H23N5O3S. The molecule has 1 aliphatic rings. The van der Waals surface area contributed by atoms with Gasteiger partial charge in [0.15, 0.2) is 0 Å². The van der Waals surface area contributed by atoms with Crippen molar-refractivity contribution in [1.82, 2.24) is 14.7 Å². The topological polar surface area (TPSA) is 104 Å². The van der Waals surface area contributed by atoms with Gasteiger partial charge in [0.2, 0.25) is 15.9 Å². The van der Waals surface area contributed by atoms with Crippen LogP contribution in [0.15, 0.2) is 41.4 Å². The van der Waals surface area contributed by atoms with E-state index in [4.69, 9.17) is 0 Å². The fourth-order valence-corrected chi connectivity index (χ4v) is 3.92. The van der Waals surface area contributed by atoms with Gasteiger partial charge in [-0.1, -0.05) is 0 Å². The average Bonchev–Trinajstić information content (AvgIpc) is 2.67. The Morgan fingerprint density at radius 3 is 2.48 bits per heavy atom. The van der Waals surface area contributed by atoms with Crippen molar-refractivity contribution in [2.24, 2.45) is 0 Å². The highest BCUT2D eigenvalue weighted by atomic mass is 32.2. The molecule has 0 saturated carbocycles.